The van der Waals surface area contributed by atoms with E-state index in [0.717, 1.165) is 0 Å². The lowest BCUT2D eigenvalue weighted by molar-refractivity contribution is 1.02. The molecule has 0 aromatic carbocycles. The Morgan fingerprint density at radius 1 is 0.889 bits per heavy atom. The van der Waals surface area contributed by atoms with Crippen LogP contribution in [0.25, 0.3) is 0 Å². The first kappa shape index (κ1) is 16.4. The van der Waals surface area contributed by atoms with E-state index in [2.05, 4.69) is 13.8 Å². The second kappa shape index (κ2) is 15.9. The Morgan fingerprint density at radius 2 is 1.22 bits per heavy atom. The smallest absolute Gasteiger partial charge is 0.0377 e. The molecule has 58 valence electrons. The Labute approximate surface area is 73.4 Å². The number of hydrogen-bond acceptors (Lipinski definition) is 0. The summed E-state index contributed by atoms with van der Waals surface area (Å²) in [5.74, 6) is 0. The molecule has 0 aliphatic heterocycles. The van der Waals surface area contributed by atoms with E-state index in [0.29, 0.717) is 0 Å². The summed E-state index contributed by atoms with van der Waals surface area (Å²) in [5, 5.41) is 0. The fourth-order valence-corrected chi connectivity index (χ4v) is 1.44. The van der Waals surface area contributed by atoms with Crippen molar-refractivity contribution in [2.75, 3.05) is 0 Å². The molecule has 0 aromatic heterocycles. The molecule has 0 atom stereocenters. The van der Waals surface area contributed by atoms with Crippen LogP contribution in [0.15, 0.2) is 0 Å². The molecule has 0 saturated heterocycles. The highest BCUT2D eigenvalue weighted by Crippen LogP contribution is 1.92. The topological polar surface area (TPSA) is 0 Å². The molecule has 0 fully saturated rings. The van der Waals surface area contributed by atoms with Crippen LogP contribution in [0.3, 0.4) is 0 Å². The van der Waals surface area contributed by atoms with Crippen LogP contribution in [0.1, 0.15) is 26.7 Å². The maximum atomic E-state index is 2.25. The molecule has 3 heteroatoms. The van der Waals surface area contributed by atoms with Gasteiger partial charge in [-0.1, -0.05) is 38.8 Å². The average molecular weight is 187 g/mol. The molecule has 0 aromatic rings. The summed E-state index contributed by atoms with van der Waals surface area (Å²) in [6, 6.07) is 2.90. The van der Waals surface area contributed by atoms with Crippen LogP contribution in [0.5, 0.6) is 0 Å². The van der Waals surface area contributed by atoms with E-state index in [1.807, 2.05) is 0 Å². The minimum atomic E-state index is 0. The van der Waals surface area contributed by atoms with Gasteiger partial charge < -0.3 is 0 Å². The predicted octanol–water partition coefficient (Wildman–Crippen LogP) is 3.19. The fourth-order valence-electron chi connectivity index (χ4n) is 0.479. The maximum absolute atomic E-state index is 2.25. The molecule has 0 aliphatic rings. The Hall–Kier alpha value is 0.797. The van der Waals surface area contributed by atoms with Crippen molar-refractivity contribution in [1.82, 2.24) is 0 Å². The minimum absolute atomic E-state index is 0. The van der Waals surface area contributed by atoms with Crippen LogP contribution >= 0.6 is 24.8 Å². The standard InChI is InChI=1S/C6H14Si.2ClH/c1-3-5-7-6-4-2;;/h3-6H2,1-2H3;2*1H. The Kier molecular flexibility index (Phi) is 29.0. The van der Waals surface area contributed by atoms with Gasteiger partial charge in [-0.05, 0) is 0 Å². The fraction of sp³-hybridized carbons (Fsp3) is 1.00. The van der Waals surface area contributed by atoms with Crippen LogP contribution < -0.4 is 0 Å². The molecule has 0 heterocycles. The molecule has 0 amide bonds. The van der Waals surface area contributed by atoms with Crippen LogP contribution in [0.2, 0.25) is 12.1 Å². The molecule has 0 spiro atoms. The van der Waals surface area contributed by atoms with Gasteiger partial charge >= 0.3 is 0 Å². The molecular weight excluding hydrogens is 171 g/mol. The third kappa shape index (κ3) is 17.7. The quantitative estimate of drug-likeness (QED) is 0.468. The van der Waals surface area contributed by atoms with Gasteiger partial charge in [0.2, 0.25) is 0 Å². The summed E-state index contributed by atoms with van der Waals surface area (Å²) < 4.78 is 0. The lowest BCUT2D eigenvalue weighted by Gasteiger charge is -1.88. The predicted molar refractivity (Wildman–Crippen MR) is 50.4 cm³/mol. The number of rotatable bonds is 4. The molecule has 0 aliphatic carbocycles. The summed E-state index contributed by atoms with van der Waals surface area (Å²) in [4.78, 5) is 0. The number of hydrogen-bond donors (Lipinski definition) is 0. The molecule has 0 N–H and O–H groups in total. The van der Waals surface area contributed by atoms with Crippen molar-refractivity contribution in [1.29, 1.82) is 0 Å². The van der Waals surface area contributed by atoms with Gasteiger partial charge in [0.1, 0.15) is 0 Å². The normalized spacial score (nSPS) is 7.33. The Morgan fingerprint density at radius 3 is 1.44 bits per heavy atom. The van der Waals surface area contributed by atoms with Crippen LogP contribution in [-0.4, -0.2) is 9.52 Å². The van der Waals surface area contributed by atoms with E-state index in [4.69, 9.17) is 0 Å². The van der Waals surface area contributed by atoms with Crippen molar-refractivity contribution in [3.05, 3.63) is 0 Å². The van der Waals surface area contributed by atoms with E-state index in [1.165, 1.54) is 34.4 Å². The third-order valence-electron chi connectivity index (χ3n) is 0.854. The van der Waals surface area contributed by atoms with E-state index in [9.17, 15) is 0 Å². The lowest BCUT2D eigenvalue weighted by Crippen LogP contribution is -1.84. The first-order valence-electron chi connectivity index (χ1n) is 3.12. The van der Waals surface area contributed by atoms with Crippen molar-refractivity contribution < 1.29 is 0 Å². The summed E-state index contributed by atoms with van der Waals surface area (Å²) in [6.07, 6.45) is 2.75. The molecule has 0 saturated carbocycles. The minimum Gasteiger partial charge on any atom is -0.147 e. The zero-order valence-electron chi connectivity index (χ0n) is 6.14. The summed E-state index contributed by atoms with van der Waals surface area (Å²) in [5.41, 5.74) is 0. The van der Waals surface area contributed by atoms with Crippen molar-refractivity contribution in [2.24, 2.45) is 0 Å². The summed E-state index contributed by atoms with van der Waals surface area (Å²) in [6.45, 7) is 4.51. The molecule has 9 heavy (non-hydrogen) atoms. The Balaban J connectivity index is -0.000000180. The van der Waals surface area contributed by atoms with Crippen LogP contribution in [0.4, 0.5) is 0 Å². The molecule has 0 rings (SSSR count). The van der Waals surface area contributed by atoms with E-state index < -0.39 is 0 Å². The molecule has 0 bridgehead atoms. The molecule has 2 radical (unpaired) electrons. The van der Waals surface area contributed by atoms with Gasteiger partial charge in [0.15, 0.2) is 0 Å². The van der Waals surface area contributed by atoms with Gasteiger partial charge in [0.05, 0.1) is 0 Å². The summed E-state index contributed by atoms with van der Waals surface area (Å²) in [7, 11) is 1.23. The van der Waals surface area contributed by atoms with Crippen molar-refractivity contribution in [3.63, 3.8) is 0 Å². The van der Waals surface area contributed by atoms with Gasteiger partial charge in [-0.25, -0.2) is 0 Å². The van der Waals surface area contributed by atoms with Crippen molar-refractivity contribution >= 4 is 34.3 Å². The van der Waals surface area contributed by atoms with Gasteiger partial charge in [-0.3, -0.25) is 0 Å². The molecular formula is C6H16Cl2Si. The molecule has 0 unspecified atom stereocenters. The largest absolute Gasteiger partial charge is 0.147 e. The van der Waals surface area contributed by atoms with Gasteiger partial charge in [-0.15, -0.1) is 24.8 Å². The highest BCUT2D eigenvalue weighted by atomic mass is 35.5. The van der Waals surface area contributed by atoms with E-state index in [-0.39, 0.29) is 24.8 Å². The average Bonchev–Trinajstić information content (AvgIpc) is 1.69. The van der Waals surface area contributed by atoms with Crippen molar-refractivity contribution in [3.8, 4) is 0 Å². The van der Waals surface area contributed by atoms with Crippen LogP contribution in [-0.2, 0) is 0 Å². The zero-order chi connectivity index (χ0) is 5.54. The lowest BCUT2D eigenvalue weighted by atomic mass is 10.6. The first-order chi connectivity index (χ1) is 3.41. The van der Waals surface area contributed by atoms with Gasteiger partial charge in [-0.2, -0.15) is 0 Å². The van der Waals surface area contributed by atoms with E-state index >= 15 is 0 Å². The van der Waals surface area contributed by atoms with Crippen LogP contribution in [0, 0.1) is 0 Å². The third-order valence-corrected chi connectivity index (χ3v) is 2.56. The Bertz CT molecular complexity index is 30.2. The molecule has 0 nitrogen and oxygen atoms in total. The second-order valence-electron chi connectivity index (χ2n) is 1.75. The highest BCUT2D eigenvalue weighted by molar-refractivity contribution is 6.35. The SMILES string of the molecule is CCC[Si]CCC.Cl.Cl. The zero-order valence-corrected chi connectivity index (χ0v) is 8.78. The maximum Gasteiger partial charge on any atom is 0.0377 e. The second-order valence-corrected chi connectivity index (χ2v) is 3.25. The van der Waals surface area contributed by atoms with Gasteiger partial charge in [0.25, 0.3) is 0 Å². The first-order valence-corrected chi connectivity index (χ1v) is 4.54. The van der Waals surface area contributed by atoms with Crippen molar-refractivity contribution in [2.45, 2.75) is 38.8 Å². The summed E-state index contributed by atoms with van der Waals surface area (Å²) >= 11 is 0. The van der Waals surface area contributed by atoms with E-state index in [1.54, 1.807) is 0 Å². The number of halogens is 2. The van der Waals surface area contributed by atoms with Gasteiger partial charge in [0, 0.05) is 9.52 Å². The highest BCUT2D eigenvalue weighted by Gasteiger charge is 1.82. The monoisotopic (exact) mass is 186 g/mol.